The Hall–Kier alpha value is -1.33. The van der Waals surface area contributed by atoms with Crippen LogP contribution in [0.1, 0.15) is 12.5 Å². The van der Waals surface area contributed by atoms with Crippen molar-refractivity contribution in [2.24, 2.45) is 0 Å². The lowest BCUT2D eigenvalue weighted by Gasteiger charge is -2.20. The van der Waals surface area contributed by atoms with Gasteiger partial charge in [-0.15, -0.1) is 11.3 Å². The van der Waals surface area contributed by atoms with Gasteiger partial charge >= 0.3 is 0 Å². The van der Waals surface area contributed by atoms with Crippen molar-refractivity contribution in [3.8, 4) is 0 Å². The molecule has 0 aliphatic carbocycles. The van der Waals surface area contributed by atoms with Crippen molar-refractivity contribution in [3.63, 3.8) is 0 Å². The quantitative estimate of drug-likeness (QED) is 0.793. The molecule has 0 bridgehead atoms. The summed E-state index contributed by atoms with van der Waals surface area (Å²) in [5.41, 5.74) is 1.14. The topological polar surface area (TPSA) is 33.2 Å². The minimum Gasteiger partial charge on any atom is -0.340 e. The molecule has 100 valence electrons. The van der Waals surface area contributed by atoms with Gasteiger partial charge in [0.1, 0.15) is 0 Å². The fourth-order valence-corrected chi connectivity index (χ4v) is 3.60. The molecule has 0 fully saturated rings. The third-order valence-electron chi connectivity index (χ3n) is 2.67. The van der Waals surface area contributed by atoms with Crippen molar-refractivity contribution in [3.05, 3.63) is 47.5 Å². The second-order valence-electron chi connectivity index (χ2n) is 4.24. The maximum atomic E-state index is 12.3. The van der Waals surface area contributed by atoms with E-state index < -0.39 is 0 Å². The van der Waals surface area contributed by atoms with Gasteiger partial charge in [-0.2, -0.15) is 0 Å². The molecule has 1 heterocycles. The van der Waals surface area contributed by atoms with Gasteiger partial charge in [0.05, 0.1) is 5.25 Å². The summed E-state index contributed by atoms with van der Waals surface area (Å²) >= 11 is 3.08. The van der Waals surface area contributed by atoms with Crippen molar-refractivity contribution >= 4 is 29.0 Å². The molecule has 1 aromatic heterocycles. The molecule has 19 heavy (non-hydrogen) atoms. The Morgan fingerprint density at radius 1 is 1.42 bits per heavy atom. The summed E-state index contributed by atoms with van der Waals surface area (Å²) in [4.78, 5) is 18.2. The summed E-state index contributed by atoms with van der Waals surface area (Å²) in [5, 5.41) is 1.81. The molecule has 0 aliphatic rings. The average molecular weight is 292 g/mol. The summed E-state index contributed by atoms with van der Waals surface area (Å²) in [6.45, 7) is 2.57. The summed E-state index contributed by atoms with van der Waals surface area (Å²) in [5.74, 6) is 0.129. The van der Waals surface area contributed by atoms with Gasteiger partial charge in [0.25, 0.3) is 0 Å². The highest BCUT2D eigenvalue weighted by molar-refractivity contribution is 8.02. The van der Waals surface area contributed by atoms with Crippen LogP contribution >= 0.6 is 23.1 Å². The first-order chi connectivity index (χ1) is 9.16. The zero-order valence-electron chi connectivity index (χ0n) is 10.9. The molecular formula is C14H16N2OS2. The lowest BCUT2D eigenvalue weighted by molar-refractivity contribution is -0.129. The molecular weight excluding hydrogens is 276 g/mol. The third-order valence-corrected chi connectivity index (χ3v) is 4.68. The normalized spacial score (nSPS) is 12.1. The highest BCUT2D eigenvalue weighted by Gasteiger charge is 2.19. The Morgan fingerprint density at radius 2 is 2.16 bits per heavy atom. The number of benzene rings is 1. The fourth-order valence-electron chi connectivity index (χ4n) is 1.72. The number of thioether (sulfide) groups is 1. The molecule has 0 N–H and O–H groups in total. The van der Waals surface area contributed by atoms with Crippen LogP contribution in [-0.4, -0.2) is 28.1 Å². The van der Waals surface area contributed by atoms with Crippen LogP contribution in [0.25, 0.3) is 0 Å². The zero-order valence-corrected chi connectivity index (χ0v) is 12.6. The lowest BCUT2D eigenvalue weighted by Crippen LogP contribution is -2.32. The number of hydrogen-bond acceptors (Lipinski definition) is 4. The monoisotopic (exact) mass is 292 g/mol. The predicted octanol–water partition coefficient (Wildman–Crippen LogP) is 3.28. The van der Waals surface area contributed by atoms with Crippen LogP contribution in [0.2, 0.25) is 0 Å². The Labute approximate surface area is 121 Å². The molecule has 0 saturated heterocycles. The van der Waals surface area contributed by atoms with Crippen LogP contribution in [0, 0.1) is 0 Å². The summed E-state index contributed by atoms with van der Waals surface area (Å²) < 4.78 is 0.939. The van der Waals surface area contributed by atoms with E-state index in [0.29, 0.717) is 6.54 Å². The van der Waals surface area contributed by atoms with E-state index in [9.17, 15) is 4.79 Å². The number of thiazole rings is 1. The van der Waals surface area contributed by atoms with Crippen molar-refractivity contribution in [1.29, 1.82) is 0 Å². The van der Waals surface area contributed by atoms with Crippen LogP contribution in [-0.2, 0) is 11.3 Å². The van der Waals surface area contributed by atoms with E-state index in [2.05, 4.69) is 4.98 Å². The zero-order chi connectivity index (χ0) is 13.7. The second-order valence-corrected chi connectivity index (χ2v) is 6.72. The third kappa shape index (κ3) is 4.08. The Morgan fingerprint density at radius 3 is 2.79 bits per heavy atom. The van der Waals surface area contributed by atoms with Crippen LogP contribution in [0.4, 0.5) is 0 Å². The van der Waals surface area contributed by atoms with Gasteiger partial charge in [-0.25, -0.2) is 4.98 Å². The van der Waals surface area contributed by atoms with Crippen molar-refractivity contribution < 1.29 is 4.79 Å². The van der Waals surface area contributed by atoms with Crippen molar-refractivity contribution in [2.75, 3.05) is 7.05 Å². The van der Waals surface area contributed by atoms with Gasteiger partial charge < -0.3 is 4.90 Å². The van der Waals surface area contributed by atoms with Gasteiger partial charge in [0.15, 0.2) is 4.34 Å². The highest BCUT2D eigenvalue weighted by Crippen LogP contribution is 2.26. The van der Waals surface area contributed by atoms with E-state index >= 15 is 0 Å². The minimum atomic E-state index is -0.111. The molecule has 1 aromatic carbocycles. The molecule has 1 atom stereocenters. The average Bonchev–Trinajstić information content (AvgIpc) is 2.91. The van der Waals surface area contributed by atoms with Gasteiger partial charge in [0, 0.05) is 25.2 Å². The van der Waals surface area contributed by atoms with Gasteiger partial charge in [-0.05, 0) is 12.5 Å². The number of rotatable bonds is 5. The van der Waals surface area contributed by atoms with Crippen molar-refractivity contribution in [1.82, 2.24) is 9.88 Å². The highest BCUT2D eigenvalue weighted by atomic mass is 32.2. The van der Waals surface area contributed by atoms with E-state index in [4.69, 9.17) is 0 Å². The van der Waals surface area contributed by atoms with Crippen LogP contribution in [0.15, 0.2) is 46.2 Å². The number of carbonyl (C=O) groups excluding carboxylic acids is 1. The van der Waals surface area contributed by atoms with Gasteiger partial charge in [-0.3, -0.25) is 4.79 Å². The predicted molar refractivity (Wildman–Crippen MR) is 80.3 cm³/mol. The number of nitrogens with zero attached hydrogens (tertiary/aromatic N) is 2. The molecule has 1 unspecified atom stereocenters. The summed E-state index contributed by atoms with van der Waals surface area (Å²) in [7, 11) is 1.84. The number of carbonyl (C=O) groups is 1. The maximum absolute atomic E-state index is 12.3. The molecule has 3 nitrogen and oxygen atoms in total. The Bertz CT molecular complexity index is 514. The Kier molecular flexibility index (Phi) is 4.99. The van der Waals surface area contributed by atoms with E-state index in [1.807, 2.05) is 49.7 Å². The standard InChI is InChI=1S/C14H16N2OS2/c1-11(19-14-15-8-9-18-14)13(17)16(2)10-12-6-4-3-5-7-12/h3-9,11H,10H2,1-2H3. The van der Waals surface area contributed by atoms with E-state index in [1.54, 1.807) is 22.4 Å². The summed E-state index contributed by atoms with van der Waals surface area (Å²) in [6.07, 6.45) is 1.76. The largest absolute Gasteiger partial charge is 0.340 e. The van der Waals surface area contributed by atoms with Crippen molar-refractivity contribution in [2.45, 2.75) is 23.1 Å². The second kappa shape index (κ2) is 6.73. The first-order valence-corrected chi connectivity index (χ1v) is 7.78. The summed E-state index contributed by atoms with van der Waals surface area (Å²) in [6, 6.07) is 10.0. The van der Waals surface area contributed by atoms with Crippen LogP contribution in [0.5, 0.6) is 0 Å². The fraction of sp³-hybridized carbons (Fsp3) is 0.286. The SMILES string of the molecule is CC(Sc1nccs1)C(=O)N(C)Cc1ccccc1. The van der Waals surface area contributed by atoms with Gasteiger partial charge in [-0.1, -0.05) is 42.1 Å². The Balaban J connectivity index is 1.91. The first kappa shape index (κ1) is 14.1. The molecule has 2 aromatic rings. The molecule has 1 amide bonds. The lowest BCUT2D eigenvalue weighted by atomic mass is 10.2. The molecule has 0 saturated carbocycles. The van der Waals surface area contributed by atoms with Crippen LogP contribution < -0.4 is 0 Å². The number of aromatic nitrogens is 1. The molecule has 5 heteroatoms. The number of amides is 1. The first-order valence-electron chi connectivity index (χ1n) is 6.02. The smallest absolute Gasteiger partial charge is 0.235 e. The minimum absolute atomic E-state index is 0.111. The number of hydrogen-bond donors (Lipinski definition) is 0. The van der Waals surface area contributed by atoms with Crippen LogP contribution in [0.3, 0.4) is 0 Å². The van der Waals surface area contributed by atoms with Gasteiger partial charge in [0.2, 0.25) is 5.91 Å². The molecule has 2 rings (SSSR count). The molecule has 0 aliphatic heterocycles. The van der Waals surface area contributed by atoms with E-state index in [1.165, 1.54) is 11.8 Å². The molecule has 0 radical (unpaired) electrons. The van der Waals surface area contributed by atoms with E-state index in [0.717, 1.165) is 9.90 Å². The maximum Gasteiger partial charge on any atom is 0.235 e. The molecule has 0 spiro atoms. The van der Waals surface area contributed by atoms with E-state index in [-0.39, 0.29) is 11.2 Å².